The minimum atomic E-state index is -3.72. The summed E-state index contributed by atoms with van der Waals surface area (Å²) in [6.45, 7) is 0.492. The molecule has 0 aliphatic rings. The second-order valence-electron chi connectivity index (χ2n) is 4.51. The van der Waals surface area contributed by atoms with Gasteiger partial charge in [-0.25, -0.2) is 13.6 Å². The first-order valence-corrected chi connectivity index (χ1v) is 7.79. The molecular weight excluding hydrogens is 292 g/mol. The molecule has 2 rings (SSSR count). The van der Waals surface area contributed by atoms with Gasteiger partial charge in [0.05, 0.1) is 4.90 Å². The van der Waals surface area contributed by atoms with Gasteiger partial charge < -0.3 is 4.90 Å². The number of aryl methyl sites for hydroxylation is 1. The van der Waals surface area contributed by atoms with Crippen LogP contribution in [0.3, 0.4) is 0 Å². The van der Waals surface area contributed by atoms with Crippen LogP contribution >= 0.6 is 0 Å². The quantitative estimate of drug-likeness (QED) is 0.873. The topological polar surface area (TPSA) is 98.3 Å². The summed E-state index contributed by atoms with van der Waals surface area (Å²) in [5.41, 5.74) is 0.605. The van der Waals surface area contributed by atoms with Gasteiger partial charge in [0.1, 0.15) is 0 Å². The molecule has 0 radical (unpaired) electrons. The third kappa shape index (κ3) is 3.89. The smallest absolute Gasteiger partial charge is 0.238 e. The SMILES string of the molecule is CN(C(=O)CCn1cccn1)c1ccc(S(N)(=O)=O)cc1. The van der Waals surface area contributed by atoms with Crippen molar-refractivity contribution in [3.8, 4) is 0 Å². The van der Waals surface area contributed by atoms with Crippen LogP contribution in [0.25, 0.3) is 0 Å². The molecule has 2 aromatic rings. The number of benzene rings is 1. The standard InChI is InChI=1S/C13H16N4O3S/c1-16(13(18)7-10-17-9-2-8-15-17)11-3-5-12(6-4-11)21(14,19)20/h2-6,8-9H,7,10H2,1H3,(H2,14,19,20). The predicted molar refractivity (Wildman–Crippen MR) is 78.1 cm³/mol. The Hall–Kier alpha value is -2.19. The molecule has 0 spiro atoms. The van der Waals surface area contributed by atoms with Crippen molar-refractivity contribution in [3.63, 3.8) is 0 Å². The molecule has 0 aliphatic heterocycles. The van der Waals surface area contributed by atoms with Crippen LogP contribution in [-0.4, -0.2) is 31.2 Å². The highest BCUT2D eigenvalue weighted by atomic mass is 32.2. The van der Waals surface area contributed by atoms with Gasteiger partial charge in [-0.2, -0.15) is 5.10 Å². The molecule has 0 fully saturated rings. The molecule has 1 heterocycles. The van der Waals surface area contributed by atoms with Crippen molar-refractivity contribution in [1.29, 1.82) is 0 Å². The summed E-state index contributed by atoms with van der Waals surface area (Å²) in [6.07, 6.45) is 3.74. The van der Waals surface area contributed by atoms with E-state index in [-0.39, 0.29) is 10.8 Å². The number of hydrogen-bond donors (Lipinski definition) is 1. The summed E-state index contributed by atoms with van der Waals surface area (Å²) in [4.78, 5) is 13.5. The average Bonchev–Trinajstić information content (AvgIpc) is 2.96. The van der Waals surface area contributed by atoms with E-state index in [2.05, 4.69) is 5.10 Å². The molecule has 0 bridgehead atoms. The molecule has 0 saturated carbocycles. The van der Waals surface area contributed by atoms with Crippen molar-refractivity contribution in [3.05, 3.63) is 42.7 Å². The second-order valence-corrected chi connectivity index (χ2v) is 6.07. The molecule has 1 aromatic carbocycles. The Bertz CT molecular complexity index is 708. The van der Waals surface area contributed by atoms with E-state index >= 15 is 0 Å². The van der Waals surface area contributed by atoms with Crippen LogP contribution in [0.4, 0.5) is 5.69 Å². The predicted octanol–water partition coefficient (Wildman–Crippen LogP) is 0.584. The maximum absolute atomic E-state index is 12.1. The average molecular weight is 308 g/mol. The zero-order valence-electron chi connectivity index (χ0n) is 11.5. The van der Waals surface area contributed by atoms with Crippen molar-refractivity contribution in [2.45, 2.75) is 17.9 Å². The number of nitrogens with zero attached hydrogens (tertiary/aromatic N) is 3. The van der Waals surface area contributed by atoms with Crippen LogP contribution in [0, 0.1) is 0 Å². The maximum atomic E-state index is 12.1. The van der Waals surface area contributed by atoms with E-state index in [0.29, 0.717) is 18.7 Å². The van der Waals surface area contributed by atoms with Crippen LogP contribution in [0.5, 0.6) is 0 Å². The Morgan fingerprint density at radius 2 is 2.00 bits per heavy atom. The first kappa shape index (κ1) is 15.2. The van der Waals surface area contributed by atoms with Gasteiger partial charge in [-0.1, -0.05) is 0 Å². The van der Waals surface area contributed by atoms with Crippen LogP contribution in [0.2, 0.25) is 0 Å². The molecule has 2 N–H and O–H groups in total. The van der Waals surface area contributed by atoms with E-state index in [1.54, 1.807) is 42.3 Å². The van der Waals surface area contributed by atoms with Crippen LogP contribution in [-0.2, 0) is 21.4 Å². The maximum Gasteiger partial charge on any atom is 0.238 e. The van der Waals surface area contributed by atoms with E-state index in [4.69, 9.17) is 5.14 Å². The van der Waals surface area contributed by atoms with Gasteiger partial charge in [0, 0.05) is 38.1 Å². The fourth-order valence-electron chi connectivity index (χ4n) is 1.81. The lowest BCUT2D eigenvalue weighted by Gasteiger charge is -2.17. The summed E-state index contributed by atoms with van der Waals surface area (Å²) in [5.74, 6) is -0.0890. The van der Waals surface area contributed by atoms with Gasteiger partial charge >= 0.3 is 0 Å². The Balaban J connectivity index is 2.02. The molecular formula is C13H16N4O3S. The van der Waals surface area contributed by atoms with E-state index in [0.717, 1.165) is 0 Å². The lowest BCUT2D eigenvalue weighted by molar-refractivity contribution is -0.118. The molecule has 21 heavy (non-hydrogen) atoms. The summed E-state index contributed by atoms with van der Waals surface area (Å²) in [7, 11) is -2.08. The zero-order chi connectivity index (χ0) is 15.5. The molecule has 8 heteroatoms. The number of carbonyl (C=O) groups excluding carboxylic acids is 1. The van der Waals surface area contributed by atoms with E-state index in [1.165, 1.54) is 17.0 Å². The lowest BCUT2D eigenvalue weighted by atomic mass is 10.2. The first-order chi connectivity index (χ1) is 9.88. The van der Waals surface area contributed by atoms with Gasteiger partial charge in [0.2, 0.25) is 15.9 Å². The highest BCUT2D eigenvalue weighted by Crippen LogP contribution is 2.17. The fraction of sp³-hybridized carbons (Fsp3) is 0.231. The summed E-state index contributed by atoms with van der Waals surface area (Å²) in [5, 5.41) is 9.05. The highest BCUT2D eigenvalue weighted by Gasteiger charge is 2.13. The number of rotatable bonds is 5. The number of amides is 1. The van der Waals surface area contributed by atoms with Crippen LogP contribution in [0.1, 0.15) is 6.42 Å². The molecule has 1 amide bonds. The zero-order valence-corrected chi connectivity index (χ0v) is 12.3. The largest absolute Gasteiger partial charge is 0.315 e. The summed E-state index contributed by atoms with van der Waals surface area (Å²) in [6, 6.07) is 7.64. The van der Waals surface area contributed by atoms with Gasteiger partial charge in [0.15, 0.2) is 0 Å². The minimum Gasteiger partial charge on any atom is -0.315 e. The molecule has 0 saturated heterocycles. The van der Waals surface area contributed by atoms with Crippen molar-refractivity contribution < 1.29 is 13.2 Å². The monoisotopic (exact) mass is 308 g/mol. The summed E-state index contributed by atoms with van der Waals surface area (Å²) < 4.78 is 24.0. The lowest BCUT2D eigenvalue weighted by Crippen LogP contribution is -2.27. The highest BCUT2D eigenvalue weighted by molar-refractivity contribution is 7.89. The third-order valence-corrected chi connectivity index (χ3v) is 3.97. The Labute approximate surface area is 123 Å². The number of aromatic nitrogens is 2. The normalized spacial score (nSPS) is 11.3. The molecule has 7 nitrogen and oxygen atoms in total. The van der Waals surface area contributed by atoms with Crippen molar-refractivity contribution in [1.82, 2.24) is 9.78 Å². The van der Waals surface area contributed by atoms with Gasteiger partial charge in [-0.05, 0) is 30.3 Å². The van der Waals surface area contributed by atoms with E-state index in [1.807, 2.05) is 0 Å². The third-order valence-electron chi connectivity index (χ3n) is 3.04. The molecule has 112 valence electrons. The van der Waals surface area contributed by atoms with E-state index < -0.39 is 10.0 Å². The molecule has 1 aromatic heterocycles. The van der Waals surface area contributed by atoms with Gasteiger partial charge in [0.25, 0.3) is 0 Å². The molecule has 0 aliphatic carbocycles. The molecule has 0 unspecified atom stereocenters. The number of sulfonamides is 1. The molecule has 0 atom stereocenters. The number of hydrogen-bond acceptors (Lipinski definition) is 4. The van der Waals surface area contributed by atoms with Crippen molar-refractivity contribution in [2.75, 3.05) is 11.9 Å². The number of primary sulfonamides is 1. The Kier molecular flexibility index (Phi) is 4.39. The number of nitrogens with two attached hydrogens (primary N) is 1. The van der Waals surface area contributed by atoms with Gasteiger partial charge in [-0.15, -0.1) is 0 Å². The second kappa shape index (κ2) is 6.06. The van der Waals surface area contributed by atoms with Crippen LogP contribution in [0.15, 0.2) is 47.6 Å². The number of anilines is 1. The first-order valence-electron chi connectivity index (χ1n) is 6.25. The number of carbonyl (C=O) groups is 1. The Morgan fingerprint density at radius 3 is 2.52 bits per heavy atom. The fourth-order valence-corrected chi connectivity index (χ4v) is 2.33. The van der Waals surface area contributed by atoms with Gasteiger partial charge in [-0.3, -0.25) is 9.48 Å². The van der Waals surface area contributed by atoms with Crippen molar-refractivity contribution >= 4 is 21.6 Å². The van der Waals surface area contributed by atoms with Crippen molar-refractivity contribution in [2.24, 2.45) is 5.14 Å². The Morgan fingerprint density at radius 1 is 1.33 bits per heavy atom. The van der Waals surface area contributed by atoms with Crippen LogP contribution < -0.4 is 10.0 Å². The minimum absolute atomic E-state index is 0.0173. The summed E-state index contributed by atoms with van der Waals surface area (Å²) >= 11 is 0. The van der Waals surface area contributed by atoms with E-state index in [9.17, 15) is 13.2 Å².